The molecule has 1 aromatic rings. The van der Waals surface area contributed by atoms with Crippen molar-refractivity contribution in [3.8, 4) is 0 Å². The fraction of sp³-hybridized carbons (Fsp3) is 0.333. The maximum Gasteiger partial charge on any atom is 0.0413 e. The molecule has 0 aliphatic heterocycles. The number of anilines is 1. The van der Waals surface area contributed by atoms with Crippen LogP contribution in [-0.4, -0.2) is 6.04 Å². The Labute approximate surface area is 80.5 Å². The molecule has 1 atom stereocenters. The van der Waals surface area contributed by atoms with Gasteiger partial charge in [-0.1, -0.05) is 12.1 Å². The van der Waals surface area contributed by atoms with Gasteiger partial charge in [0.2, 0.25) is 0 Å². The van der Waals surface area contributed by atoms with Gasteiger partial charge >= 0.3 is 0 Å². The van der Waals surface area contributed by atoms with E-state index in [9.17, 15) is 0 Å². The molecular weight excluding hydrogens is 158 g/mol. The van der Waals surface area contributed by atoms with E-state index < -0.39 is 0 Å². The molecular formula is C12H17N. The minimum absolute atomic E-state index is 0.321. The van der Waals surface area contributed by atoms with E-state index in [0.717, 1.165) is 5.69 Å². The molecule has 70 valence electrons. The highest BCUT2D eigenvalue weighted by Crippen LogP contribution is 2.14. The van der Waals surface area contributed by atoms with Crippen LogP contribution in [0, 0.1) is 13.8 Å². The summed E-state index contributed by atoms with van der Waals surface area (Å²) in [7, 11) is 0. The maximum absolute atomic E-state index is 3.73. The fourth-order valence-corrected chi connectivity index (χ4v) is 1.15. The Kier molecular flexibility index (Phi) is 3.13. The van der Waals surface area contributed by atoms with Gasteiger partial charge in [0.25, 0.3) is 0 Å². The zero-order valence-corrected chi connectivity index (χ0v) is 8.59. The molecule has 1 unspecified atom stereocenters. The Hall–Kier alpha value is -1.24. The molecule has 1 aromatic carbocycles. The van der Waals surface area contributed by atoms with Crippen LogP contribution in [0.5, 0.6) is 0 Å². The van der Waals surface area contributed by atoms with Crippen molar-refractivity contribution in [1.29, 1.82) is 0 Å². The maximum atomic E-state index is 3.73. The molecule has 0 spiro atoms. The van der Waals surface area contributed by atoms with Crippen molar-refractivity contribution in [2.45, 2.75) is 26.8 Å². The van der Waals surface area contributed by atoms with E-state index in [0.29, 0.717) is 6.04 Å². The van der Waals surface area contributed by atoms with Crippen LogP contribution in [0.3, 0.4) is 0 Å². The van der Waals surface area contributed by atoms with Crippen molar-refractivity contribution in [1.82, 2.24) is 0 Å². The zero-order chi connectivity index (χ0) is 9.84. The molecule has 0 saturated carbocycles. The number of nitrogens with one attached hydrogen (secondary N) is 1. The molecule has 0 fully saturated rings. The van der Waals surface area contributed by atoms with Gasteiger partial charge in [-0.05, 0) is 44.0 Å². The standard InChI is InChI=1S/C12H17N/c1-5-11(4)13-12-7-6-9(2)10(3)8-12/h5-8,11,13H,1H2,2-4H3. The molecule has 0 saturated heterocycles. The Morgan fingerprint density at radius 3 is 2.54 bits per heavy atom. The van der Waals surface area contributed by atoms with Crippen LogP contribution in [0.15, 0.2) is 30.9 Å². The lowest BCUT2D eigenvalue weighted by Gasteiger charge is -2.12. The molecule has 1 rings (SSSR count). The van der Waals surface area contributed by atoms with E-state index in [1.807, 2.05) is 6.08 Å². The van der Waals surface area contributed by atoms with E-state index in [1.165, 1.54) is 11.1 Å². The van der Waals surface area contributed by atoms with E-state index in [-0.39, 0.29) is 0 Å². The van der Waals surface area contributed by atoms with E-state index in [4.69, 9.17) is 0 Å². The molecule has 0 amide bonds. The molecule has 1 nitrogen and oxygen atoms in total. The summed E-state index contributed by atoms with van der Waals surface area (Å²) in [4.78, 5) is 0. The molecule has 0 heterocycles. The number of rotatable bonds is 3. The molecule has 0 bridgehead atoms. The largest absolute Gasteiger partial charge is 0.379 e. The number of hydrogen-bond acceptors (Lipinski definition) is 1. The lowest BCUT2D eigenvalue weighted by atomic mass is 10.1. The van der Waals surface area contributed by atoms with Gasteiger partial charge in [-0.25, -0.2) is 0 Å². The molecule has 1 N–H and O–H groups in total. The normalized spacial score (nSPS) is 12.2. The Bertz CT molecular complexity index is 302. The summed E-state index contributed by atoms with van der Waals surface area (Å²) in [5.41, 5.74) is 3.81. The average molecular weight is 175 g/mol. The second-order valence-corrected chi connectivity index (χ2v) is 3.47. The predicted molar refractivity (Wildman–Crippen MR) is 59.2 cm³/mol. The second-order valence-electron chi connectivity index (χ2n) is 3.47. The Morgan fingerprint density at radius 1 is 1.31 bits per heavy atom. The molecule has 13 heavy (non-hydrogen) atoms. The molecule has 0 aliphatic rings. The van der Waals surface area contributed by atoms with Crippen LogP contribution in [0.1, 0.15) is 18.1 Å². The highest BCUT2D eigenvalue weighted by atomic mass is 14.9. The molecule has 0 aliphatic carbocycles. The fourth-order valence-electron chi connectivity index (χ4n) is 1.15. The monoisotopic (exact) mass is 175 g/mol. The summed E-state index contributed by atoms with van der Waals surface area (Å²) in [5.74, 6) is 0. The lowest BCUT2D eigenvalue weighted by Crippen LogP contribution is -2.11. The summed E-state index contributed by atoms with van der Waals surface area (Å²) in [6, 6.07) is 6.72. The van der Waals surface area contributed by atoms with Crippen LogP contribution in [0.4, 0.5) is 5.69 Å². The van der Waals surface area contributed by atoms with Crippen LogP contribution >= 0.6 is 0 Å². The first kappa shape index (κ1) is 9.85. The minimum atomic E-state index is 0.321. The van der Waals surface area contributed by atoms with Crippen molar-refractivity contribution >= 4 is 5.69 Å². The highest BCUT2D eigenvalue weighted by molar-refractivity contribution is 5.49. The van der Waals surface area contributed by atoms with Crippen LogP contribution in [0.2, 0.25) is 0 Å². The van der Waals surface area contributed by atoms with Gasteiger partial charge in [0.1, 0.15) is 0 Å². The zero-order valence-electron chi connectivity index (χ0n) is 8.59. The first-order valence-corrected chi connectivity index (χ1v) is 4.60. The van der Waals surface area contributed by atoms with Crippen LogP contribution < -0.4 is 5.32 Å². The van der Waals surface area contributed by atoms with Gasteiger partial charge in [-0.2, -0.15) is 0 Å². The summed E-state index contributed by atoms with van der Waals surface area (Å²) in [5, 5.41) is 3.34. The summed E-state index contributed by atoms with van der Waals surface area (Å²) < 4.78 is 0. The third kappa shape index (κ3) is 2.62. The van der Waals surface area contributed by atoms with Gasteiger partial charge in [0.05, 0.1) is 0 Å². The predicted octanol–water partition coefficient (Wildman–Crippen LogP) is 3.29. The smallest absolute Gasteiger partial charge is 0.0413 e. The van der Waals surface area contributed by atoms with E-state index in [1.54, 1.807) is 0 Å². The van der Waals surface area contributed by atoms with E-state index in [2.05, 4.69) is 50.9 Å². The van der Waals surface area contributed by atoms with Gasteiger partial charge < -0.3 is 5.32 Å². The molecule has 0 radical (unpaired) electrons. The quantitative estimate of drug-likeness (QED) is 0.695. The number of benzene rings is 1. The van der Waals surface area contributed by atoms with Crippen molar-refractivity contribution in [2.75, 3.05) is 5.32 Å². The molecule has 0 aromatic heterocycles. The topological polar surface area (TPSA) is 12.0 Å². The summed E-state index contributed by atoms with van der Waals surface area (Å²) in [6.07, 6.45) is 1.90. The molecule has 1 heteroatoms. The minimum Gasteiger partial charge on any atom is -0.379 e. The summed E-state index contributed by atoms with van der Waals surface area (Å²) in [6.45, 7) is 10.1. The van der Waals surface area contributed by atoms with Gasteiger partial charge in [-0.15, -0.1) is 6.58 Å². The van der Waals surface area contributed by atoms with Crippen LogP contribution in [-0.2, 0) is 0 Å². The van der Waals surface area contributed by atoms with Gasteiger partial charge in [-0.3, -0.25) is 0 Å². The Balaban J connectivity index is 2.79. The van der Waals surface area contributed by atoms with Gasteiger partial charge in [0, 0.05) is 11.7 Å². The van der Waals surface area contributed by atoms with E-state index >= 15 is 0 Å². The first-order chi connectivity index (χ1) is 6.13. The number of aryl methyl sites for hydroxylation is 2. The third-order valence-electron chi connectivity index (χ3n) is 2.25. The van der Waals surface area contributed by atoms with Crippen molar-refractivity contribution < 1.29 is 0 Å². The third-order valence-corrected chi connectivity index (χ3v) is 2.25. The SMILES string of the molecule is C=CC(C)Nc1ccc(C)c(C)c1. The van der Waals surface area contributed by atoms with Crippen molar-refractivity contribution in [3.63, 3.8) is 0 Å². The van der Waals surface area contributed by atoms with Gasteiger partial charge in [0.15, 0.2) is 0 Å². The highest BCUT2D eigenvalue weighted by Gasteiger charge is 1.98. The second kappa shape index (κ2) is 4.13. The van der Waals surface area contributed by atoms with Crippen molar-refractivity contribution in [3.05, 3.63) is 42.0 Å². The summed E-state index contributed by atoms with van der Waals surface area (Å²) >= 11 is 0. The Morgan fingerprint density at radius 2 is 2.00 bits per heavy atom. The lowest BCUT2D eigenvalue weighted by molar-refractivity contribution is 1.00. The number of hydrogen-bond donors (Lipinski definition) is 1. The first-order valence-electron chi connectivity index (χ1n) is 4.60. The van der Waals surface area contributed by atoms with Crippen LogP contribution in [0.25, 0.3) is 0 Å². The average Bonchev–Trinajstić information content (AvgIpc) is 2.11. The van der Waals surface area contributed by atoms with Crippen molar-refractivity contribution in [2.24, 2.45) is 0 Å².